The molecule has 0 spiro atoms. The molecule has 0 saturated heterocycles. The molecule has 0 radical (unpaired) electrons. The quantitative estimate of drug-likeness (QED) is 0.777. The Morgan fingerprint density at radius 1 is 1.47 bits per heavy atom. The minimum atomic E-state index is -0.437. The van der Waals surface area contributed by atoms with E-state index >= 15 is 0 Å². The maximum absolute atomic E-state index is 10.0. The predicted molar refractivity (Wildman–Crippen MR) is 62.8 cm³/mol. The molecule has 1 fully saturated rings. The van der Waals surface area contributed by atoms with Crippen LogP contribution in [0.25, 0.3) is 0 Å². The van der Waals surface area contributed by atoms with E-state index in [1.807, 2.05) is 6.07 Å². The first kappa shape index (κ1) is 10.8. The summed E-state index contributed by atoms with van der Waals surface area (Å²) in [5.41, 5.74) is 7.22. The van der Waals surface area contributed by atoms with Crippen molar-refractivity contribution in [3.63, 3.8) is 0 Å². The highest BCUT2D eigenvalue weighted by Gasteiger charge is 2.22. The van der Waals surface area contributed by atoms with Crippen LogP contribution in [0.15, 0.2) is 18.2 Å². The van der Waals surface area contributed by atoms with Crippen LogP contribution in [-0.4, -0.2) is 5.11 Å². The lowest BCUT2D eigenvalue weighted by Gasteiger charge is -2.28. The van der Waals surface area contributed by atoms with Gasteiger partial charge in [-0.15, -0.1) is 0 Å². The molecule has 82 valence electrons. The van der Waals surface area contributed by atoms with Crippen molar-refractivity contribution in [2.75, 3.05) is 5.73 Å². The van der Waals surface area contributed by atoms with Gasteiger partial charge in [0.2, 0.25) is 0 Å². The zero-order valence-electron chi connectivity index (χ0n) is 8.62. The molecule has 0 amide bonds. The average molecular weight is 226 g/mol. The Labute approximate surface area is 95.1 Å². The lowest BCUT2D eigenvalue weighted by atomic mass is 9.80. The molecule has 3 N–H and O–H groups in total. The van der Waals surface area contributed by atoms with Crippen LogP contribution < -0.4 is 5.73 Å². The molecule has 2 rings (SSSR count). The van der Waals surface area contributed by atoms with Crippen LogP contribution in [0.5, 0.6) is 0 Å². The molecule has 0 bridgehead atoms. The van der Waals surface area contributed by atoms with Crippen molar-refractivity contribution in [1.82, 2.24) is 0 Å². The third kappa shape index (κ3) is 2.44. The van der Waals surface area contributed by atoms with E-state index in [0.29, 0.717) is 16.6 Å². The van der Waals surface area contributed by atoms with Crippen molar-refractivity contribution in [3.8, 4) is 0 Å². The van der Waals surface area contributed by atoms with Crippen LogP contribution in [0, 0.1) is 5.92 Å². The number of hydrogen-bond acceptors (Lipinski definition) is 2. The summed E-state index contributed by atoms with van der Waals surface area (Å²) < 4.78 is 0. The third-order valence-corrected chi connectivity index (χ3v) is 3.42. The summed E-state index contributed by atoms with van der Waals surface area (Å²) >= 11 is 5.80. The van der Waals surface area contributed by atoms with E-state index in [-0.39, 0.29) is 0 Å². The number of nitrogen functional groups attached to an aromatic ring is 1. The van der Waals surface area contributed by atoms with E-state index in [9.17, 15) is 5.11 Å². The summed E-state index contributed by atoms with van der Waals surface area (Å²) in [5.74, 6) is 0.676. The molecule has 1 saturated carbocycles. The van der Waals surface area contributed by atoms with Gasteiger partial charge in [0.15, 0.2) is 0 Å². The fraction of sp³-hybridized carbons (Fsp3) is 0.500. The molecule has 1 aromatic carbocycles. The molecule has 15 heavy (non-hydrogen) atoms. The number of benzene rings is 1. The Bertz CT molecular complexity index is 349. The van der Waals surface area contributed by atoms with Gasteiger partial charge in [0.05, 0.1) is 6.10 Å². The molecule has 0 heterocycles. The highest BCUT2D eigenvalue weighted by Crippen LogP contribution is 2.36. The Hall–Kier alpha value is -0.730. The van der Waals surface area contributed by atoms with Crippen LogP contribution in [0.4, 0.5) is 5.69 Å². The van der Waals surface area contributed by atoms with Gasteiger partial charge in [-0.3, -0.25) is 0 Å². The van der Waals surface area contributed by atoms with Crippen molar-refractivity contribution < 1.29 is 5.11 Å². The topological polar surface area (TPSA) is 46.2 Å². The Kier molecular flexibility index (Phi) is 3.17. The van der Waals surface area contributed by atoms with Gasteiger partial charge in [0, 0.05) is 16.3 Å². The molecule has 1 aliphatic carbocycles. The minimum Gasteiger partial charge on any atom is -0.398 e. The van der Waals surface area contributed by atoms with Crippen LogP contribution in [0.2, 0.25) is 5.02 Å². The van der Waals surface area contributed by atoms with Crippen molar-refractivity contribution in [2.45, 2.75) is 31.8 Å². The smallest absolute Gasteiger partial charge is 0.0812 e. The molecule has 1 aliphatic rings. The van der Waals surface area contributed by atoms with Crippen LogP contribution in [0.1, 0.15) is 37.4 Å². The zero-order chi connectivity index (χ0) is 10.8. The lowest BCUT2D eigenvalue weighted by molar-refractivity contribution is 0.119. The second kappa shape index (κ2) is 4.42. The predicted octanol–water partition coefficient (Wildman–Crippen LogP) is 3.15. The van der Waals surface area contributed by atoms with Crippen molar-refractivity contribution in [3.05, 3.63) is 28.8 Å². The standard InChI is InChI=1S/C12H16ClNO/c13-9-4-5-10(11(14)7-9)12(15)6-8-2-1-3-8/h4-5,7-8,12,15H,1-3,6,14H2. The number of nitrogens with two attached hydrogens (primary N) is 1. The second-order valence-electron chi connectivity index (χ2n) is 4.32. The summed E-state index contributed by atoms with van der Waals surface area (Å²) in [6, 6.07) is 5.29. The van der Waals surface area contributed by atoms with E-state index in [1.54, 1.807) is 12.1 Å². The van der Waals surface area contributed by atoms with E-state index < -0.39 is 6.10 Å². The molecule has 1 unspecified atom stereocenters. The monoisotopic (exact) mass is 225 g/mol. The Morgan fingerprint density at radius 3 is 2.73 bits per heavy atom. The van der Waals surface area contributed by atoms with Crippen molar-refractivity contribution >= 4 is 17.3 Å². The highest BCUT2D eigenvalue weighted by molar-refractivity contribution is 6.30. The molecule has 1 aromatic rings. The van der Waals surface area contributed by atoms with Gasteiger partial charge in [-0.25, -0.2) is 0 Å². The SMILES string of the molecule is Nc1cc(Cl)ccc1C(O)CC1CCC1. The maximum atomic E-state index is 10.0. The largest absolute Gasteiger partial charge is 0.398 e. The van der Waals surface area contributed by atoms with Gasteiger partial charge in [0.1, 0.15) is 0 Å². The number of hydrogen-bond donors (Lipinski definition) is 2. The molecule has 0 aliphatic heterocycles. The van der Waals surface area contributed by atoms with Crippen LogP contribution in [-0.2, 0) is 0 Å². The van der Waals surface area contributed by atoms with Gasteiger partial charge in [0.25, 0.3) is 0 Å². The van der Waals surface area contributed by atoms with Crippen LogP contribution >= 0.6 is 11.6 Å². The fourth-order valence-corrected chi connectivity index (χ4v) is 2.20. The molecule has 1 atom stereocenters. The fourth-order valence-electron chi connectivity index (χ4n) is 2.02. The first-order valence-electron chi connectivity index (χ1n) is 5.40. The number of aliphatic hydroxyl groups excluding tert-OH is 1. The molecule has 2 nitrogen and oxygen atoms in total. The van der Waals surface area contributed by atoms with Gasteiger partial charge in [-0.2, -0.15) is 0 Å². The lowest BCUT2D eigenvalue weighted by Crippen LogP contribution is -2.15. The van der Waals surface area contributed by atoms with E-state index in [0.717, 1.165) is 12.0 Å². The van der Waals surface area contributed by atoms with Crippen LogP contribution in [0.3, 0.4) is 0 Å². The molecule has 0 aromatic heterocycles. The van der Waals surface area contributed by atoms with E-state index in [4.69, 9.17) is 17.3 Å². The van der Waals surface area contributed by atoms with Gasteiger partial charge >= 0.3 is 0 Å². The van der Waals surface area contributed by atoms with E-state index in [1.165, 1.54) is 19.3 Å². The van der Waals surface area contributed by atoms with Crippen molar-refractivity contribution in [2.24, 2.45) is 5.92 Å². The number of rotatable bonds is 3. The summed E-state index contributed by atoms with van der Waals surface area (Å²) in [6.07, 6.45) is 4.17. The number of halogens is 1. The Morgan fingerprint density at radius 2 is 2.20 bits per heavy atom. The average Bonchev–Trinajstić information content (AvgIpc) is 2.11. The molecular weight excluding hydrogens is 210 g/mol. The van der Waals surface area contributed by atoms with Gasteiger partial charge < -0.3 is 10.8 Å². The number of aliphatic hydroxyl groups is 1. The second-order valence-corrected chi connectivity index (χ2v) is 4.76. The summed E-state index contributed by atoms with van der Waals surface area (Å²) in [5, 5.41) is 10.6. The summed E-state index contributed by atoms with van der Waals surface area (Å²) in [7, 11) is 0. The normalized spacial score (nSPS) is 18.5. The van der Waals surface area contributed by atoms with Crippen molar-refractivity contribution in [1.29, 1.82) is 0 Å². The number of anilines is 1. The first-order valence-corrected chi connectivity index (χ1v) is 5.77. The zero-order valence-corrected chi connectivity index (χ0v) is 9.37. The first-order chi connectivity index (χ1) is 7.16. The van der Waals surface area contributed by atoms with E-state index in [2.05, 4.69) is 0 Å². The molecular formula is C12H16ClNO. The van der Waals surface area contributed by atoms with Gasteiger partial charge in [-0.1, -0.05) is 36.9 Å². The molecule has 3 heteroatoms. The van der Waals surface area contributed by atoms with Gasteiger partial charge in [-0.05, 0) is 24.5 Å². The summed E-state index contributed by atoms with van der Waals surface area (Å²) in [4.78, 5) is 0. The minimum absolute atomic E-state index is 0.437. The Balaban J connectivity index is 2.06. The summed E-state index contributed by atoms with van der Waals surface area (Å²) in [6.45, 7) is 0. The third-order valence-electron chi connectivity index (χ3n) is 3.19. The highest BCUT2D eigenvalue weighted by atomic mass is 35.5. The maximum Gasteiger partial charge on any atom is 0.0812 e.